The Bertz CT molecular complexity index is 889. The highest BCUT2D eigenvalue weighted by Gasteiger charge is 2.11. The highest BCUT2D eigenvalue weighted by Crippen LogP contribution is 2.21. The maximum Gasteiger partial charge on any atom is 0.257 e. The molecule has 0 aromatic heterocycles. The number of hydrogen-bond acceptors (Lipinski definition) is 5. The number of thioether (sulfide) groups is 1. The zero-order chi connectivity index (χ0) is 20.6. The summed E-state index contributed by atoms with van der Waals surface area (Å²) in [5.74, 6) is 1.84. The van der Waals surface area contributed by atoms with E-state index in [0.29, 0.717) is 18.0 Å². The molecule has 152 valence electrons. The van der Waals surface area contributed by atoms with E-state index in [1.165, 1.54) is 11.4 Å². The van der Waals surface area contributed by atoms with Crippen molar-refractivity contribution < 1.29 is 17.9 Å². The molecule has 0 heterocycles. The highest BCUT2D eigenvalue weighted by molar-refractivity contribution is 7.98. The van der Waals surface area contributed by atoms with Gasteiger partial charge in [-0.3, -0.25) is 9.10 Å². The Morgan fingerprint density at radius 1 is 1.18 bits per heavy atom. The summed E-state index contributed by atoms with van der Waals surface area (Å²) >= 11 is 7.79. The molecule has 0 spiro atoms. The normalized spacial score (nSPS) is 11.1. The Balaban J connectivity index is 1.66. The van der Waals surface area contributed by atoms with E-state index in [1.807, 2.05) is 24.3 Å². The average Bonchev–Trinajstić information content (AvgIpc) is 2.66. The summed E-state index contributed by atoms with van der Waals surface area (Å²) in [7, 11) is -1.84. The Morgan fingerprint density at radius 2 is 1.86 bits per heavy atom. The van der Waals surface area contributed by atoms with Crippen LogP contribution in [0.25, 0.3) is 0 Å². The van der Waals surface area contributed by atoms with Crippen molar-refractivity contribution in [2.24, 2.45) is 0 Å². The SMILES string of the molecule is CN(c1ccc(OCC(=O)NCCSCc2ccccc2Cl)cc1)S(C)(=O)=O. The van der Waals surface area contributed by atoms with Gasteiger partial charge in [0.05, 0.1) is 11.9 Å². The fourth-order valence-electron chi connectivity index (χ4n) is 2.20. The van der Waals surface area contributed by atoms with Crippen LogP contribution in [0.15, 0.2) is 48.5 Å². The zero-order valence-corrected chi connectivity index (χ0v) is 18.1. The molecular formula is C19H23ClN2O4S2. The molecular weight excluding hydrogens is 420 g/mol. The average molecular weight is 443 g/mol. The molecule has 28 heavy (non-hydrogen) atoms. The Kier molecular flexibility index (Phi) is 8.47. The molecule has 0 atom stereocenters. The first-order chi connectivity index (χ1) is 13.3. The molecule has 9 heteroatoms. The van der Waals surface area contributed by atoms with Crippen LogP contribution in [0, 0.1) is 0 Å². The monoisotopic (exact) mass is 442 g/mol. The number of hydrogen-bond donors (Lipinski definition) is 1. The van der Waals surface area contributed by atoms with Crippen LogP contribution in [0.5, 0.6) is 5.75 Å². The number of rotatable bonds is 10. The van der Waals surface area contributed by atoms with Gasteiger partial charge in [0.2, 0.25) is 10.0 Å². The van der Waals surface area contributed by atoms with Crippen molar-refractivity contribution in [2.75, 3.05) is 36.5 Å². The third kappa shape index (κ3) is 7.26. The zero-order valence-electron chi connectivity index (χ0n) is 15.7. The summed E-state index contributed by atoms with van der Waals surface area (Å²) < 4.78 is 29.6. The largest absolute Gasteiger partial charge is 0.484 e. The van der Waals surface area contributed by atoms with E-state index < -0.39 is 10.0 Å². The van der Waals surface area contributed by atoms with E-state index in [9.17, 15) is 13.2 Å². The van der Waals surface area contributed by atoms with Crippen molar-refractivity contribution in [2.45, 2.75) is 5.75 Å². The van der Waals surface area contributed by atoms with Gasteiger partial charge in [-0.2, -0.15) is 11.8 Å². The van der Waals surface area contributed by atoms with Gasteiger partial charge in [-0.05, 0) is 35.9 Å². The molecule has 6 nitrogen and oxygen atoms in total. The van der Waals surface area contributed by atoms with Gasteiger partial charge < -0.3 is 10.1 Å². The second-order valence-corrected chi connectivity index (χ2v) is 9.53. The molecule has 2 aromatic carbocycles. The van der Waals surface area contributed by atoms with Crippen molar-refractivity contribution in [3.63, 3.8) is 0 Å². The molecule has 0 aliphatic carbocycles. The molecule has 0 aliphatic rings. The van der Waals surface area contributed by atoms with Crippen LogP contribution < -0.4 is 14.4 Å². The molecule has 0 fully saturated rings. The number of carbonyl (C=O) groups excluding carboxylic acids is 1. The summed E-state index contributed by atoms with van der Waals surface area (Å²) in [5, 5.41) is 3.55. The molecule has 0 radical (unpaired) electrons. The summed E-state index contributed by atoms with van der Waals surface area (Å²) in [5.41, 5.74) is 1.60. The van der Waals surface area contributed by atoms with E-state index >= 15 is 0 Å². The molecule has 1 N–H and O–H groups in total. The van der Waals surface area contributed by atoms with Crippen molar-refractivity contribution >= 4 is 45.0 Å². The van der Waals surface area contributed by atoms with Crippen LogP contribution in [0.2, 0.25) is 5.02 Å². The topological polar surface area (TPSA) is 75.7 Å². The van der Waals surface area contributed by atoms with Gasteiger partial charge in [-0.15, -0.1) is 0 Å². The third-order valence-corrected chi connectivity index (χ3v) is 6.43. The van der Waals surface area contributed by atoms with Crippen LogP contribution in [-0.2, 0) is 20.6 Å². The minimum absolute atomic E-state index is 0.101. The quantitative estimate of drug-likeness (QED) is 0.572. The molecule has 0 bridgehead atoms. The first-order valence-electron chi connectivity index (χ1n) is 8.52. The van der Waals surface area contributed by atoms with Crippen molar-refractivity contribution in [3.8, 4) is 5.75 Å². The molecule has 2 aromatic rings. The number of benzene rings is 2. The number of sulfonamides is 1. The lowest BCUT2D eigenvalue weighted by Crippen LogP contribution is -2.30. The van der Waals surface area contributed by atoms with E-state index in [2.05, 4.69) is 5.32 Å². The van der Waals surface area contributed by atoms with Crippen LogP contribution >= 0.6 is 23.4 Å². The van der Waals surface area contributed by atoms with Gasteiger partial charge in [0.15, 0.2) is 6.61 Å². The van der Waals surface area contributed by atoms with Crippen LogP contribution in [0.1, 0.15) is 5.56 Å². The Morgan fingerprint density at radius 3 is 2.50 bits per heavy atom. The van der Waals surface area contributed by atoms with Gasteiger partial charge in [0, 0.05) is 30.1 Å². The third-order valence-electron chi connectivity index (χ3n) is 3.85. The van der Waals surface area contributed by atoms with Gasteiger partial charge in [0.1, 0.15) is 5.75 Å². The summed E-state index contributed by atoms with van der Waals surface area (Å²) in [6.45, 7) is 0.436. The maximum absolute atomic E-state index is 11.9. The molecule has 1 amide bonds. The lowest BCUT2D eigenvalue weighted by molar-refractivity contribution is -0.122. The first kappa shape index (κ1) is 22.4. The van der Waals surface area contributed by atoms with E-state index in [-0.39, 0.29) is 12.5 Å². The van der Waals surface area contributed by atoms with E-state index in [1.54, 1.807) is 36.0 Å². The fraction of sp³-hybridized carbons (Fsp3) is 0.316. The van der Waals surface area contributed by atoms with Gasteiger partial charge in [0.25, 0.3) is 5.91 Å². The predicted octanol–water partition coefficient (Wildman–Crippen LogP) is 3.16. The second-order valence-electron chi connectivity index (χ2n) is 6.01. The molecule has 0 saturated carbocycles. The Hall–Kier alpha value is -1.90. The van der Waals surface area contributed by atoms with Crippen LogP contribution in [0.3, 0.4) is 0 Å². The number of amides is 1. The van der Waals surface area contributed by atoms with Crippen LogP contribution in [0.4, 0.5) is 5.69 Å². The molecule has 0 aliphatic heterocycles. The van der Waals surface area contributed by atoms with E-state index in [0.717, 1.165) is 28.3 Å². The minimum Gasteiger partial charge on any atom is -0.484 e. The van der Waals surface area contributed by atoms with E-state index in [4.69, 9.17) is 16.3 Å². The number of nitrogens with one attached hydrogen (secondary N) is 1. The van der Waals surface area contributed by atoms with Crippen molar-refractivity contribution in [1.29, 1.82) is 0 Å². The molecule has 0 saturated heterocycles. The molecule has 2 rings (SSSR count). The van der Waals surface area contributed by atoms with Crippen molar-refractivity contribution in [1.82, 2.24) is 5.32 Å². The standard InChI is InChI=1S/C19H23ClN2O4S2/c1-22(28(2,24)25)16-7-9-17(10-8-16)26-13-19(23)21-11-12-27-14-15-5-3-4-6-18(15)20/h3-10H,11-14H2,1-2H3,(H,21,23). The first-order valence-corrected chi connectivity index (χ1v) is 11.9. The van der Waals surface area contributed by atoms with Gasteiger partial charge >= 0.3 is 0 Å². The van der Waals surface area contributed by atoms with Gasteiger partial charge in [-0.25, -0.2) is 8.42 Å². The lowest BCUT2D eigenvalue weighted by Gasteiger charge is -2.16. The number of anilines is 1. The number of nitrogens with zero attached hydrogens (tertiary/aromatic N) is 1. The maximum atomic E-state index is 11.9. The summed E-state index contributed by atoms with van der Waals surface area (Å²) in [4.78, 5) is 11.9. The smallest absolute Gasteiger partial charge is 0.257 e. The summed E-state index contributed by atoms with van der Waals surface area (Å²) in [6, 6.07) is 14.2. The predicted molar refractivity (Wildman–Crippen MR) is 116 cm³/mol. The minimum atomic E-state index is -3.31. The Labute approximate surface area is 175 Å². The lowest BCUT2D eigenvalue weighted by atomic mass is 10.2. The summed E-state index contributed by atoms with van der Waals surface area (Å²) in [6.07, 6.45) is 1.13. The van der Waals surface area contributed by atoms with Gasteiger partial charge in [-0.1, -0.05) is 29.8 Å². The number of carbonyl (C=O) groups is 1. The highest BCUT2D eigenvalue weighted by atomic mass is 35.5. The van der Waals surface area contributed by atoms with Crippen LogP contribution in [-0.4, -0.2) is 46.5 Å². The number of halogens is 1. The van der Waals surface area contributed by atoms with Crippen molar-refractivity contribution in [3.05, 3.63) is 59.1 Å². The number of ether oxygens (including phenoxy) is 1. The fourth-order valence-corrected chi connectivity index (χ4v) is 3.85. The second kappa shape index (κ2) is 10.6. The molecule has 0 unspecified atom stereocenters.